The SMILES string of the molecule is CN1C/C(=C\c2ccc(F)cc2)C(=O)[C@]2(C1)[C@@H](c1ccc(F)cc1)CN(C)[C@@]21C(=O)Nc2ccccc21. The van der Waals surface area contributed by atoms with Gasteiger partial charge in [-0.2, -0.15) is 0 Å². The Morgan fingerprint density at radius 2 is 1.57 bits per heavy atom. The van der Waals surface area contributed by atoms with Crippen LogP contribution in [0.15, 0.2) is 78.4 Å². The Balaban J connectivity index is 1.62. The van der Waals surface area contributed by atoms with Gasteiger partial charge >= 0.3 is 0 Å². The molecule has 188 valence electrons. The van der Waals surface area contributed by atoms with Gasteiger partial charge in [0.2, 0.25) is 0 Å². The molecule has 0 radical (unpaired) electrons. The maximum absolute atomic E-state index is 14.8. The van der Waals surface area contributed by atoms with Gasteiger partial charge in [-0.1, -0.05) is 42.5 Å². The number of ketones is 1. The van der Waals surface area contributed by atoms with Gasteiger partial charge in [0.15, 0.2) is 5.78 Å². The Hall–Kier alpha value is -3.68. The number of likely N-dealkylation sites (tertiary alicyclic amines) is 2. The summed E-state index contributed by atoms with van der Waals surface area (Å²) < 4.78 is 27.5. The Morgan fingerprint density at radius 3 is 2.27 bits per heavy atom. The van der Waals surface area contributed by atoms with Crippen LogP contribution in [0, 0.1) is 17.0 Å². The fourth-order valence-electron chi connectivity index (χ4n) is 6.93. The third-order valence-electron chi connectivity index (χ3n) is 8.30. The average molecular weight is 500 g/mol. The summed E-state index contributed by atoms with van der Waals surface area (Å²) in [6, 6.07) is 19.8. The number of halogens is 2. The highest BCUT2D eigenvalue weighted by Crippen LogP contribution is 2.64. The second-order valence-corrected chi connectivity index (χ2v) is 10.4. The molecule has 37 heavy (non-hydrogen) atoms. The fraction of sp³-hybridized carbons (Fsp3) is 0.267. The van der Waals surface area contributed by atoms with E-state index < -0.39 is 11.0 Å². The molecule has 1 amide bonds. The third kappa shape index (κ3) is 3.27. The molecule has 7 heteroatoms. The van der Waals surface area contributed by atoms with E-state index >= 15 is 0 Å². The van der Waals surface area contributed by atoms with Gasteiger partial charge in [-0.3, -0.25) is 14.5 Å². The number of likely N-dealkylation sites (N-methyl/N-ethyl adjacent to an activating group) is 2. The van der Waals surface area contributed by atoms with Crippen LogP contribution in [0.5, 0.6) is 0 Å². The van der Waals surface area contributed by atoms with Gasteiger partial charge in [0.05, 0.1) is 5.41 Å². The van der Waals surface area contributed by atoms with Crippen molar-refractivity contribution in [2.75, 3.05) is 39.0 Å². The maximum atomic E-state index is 14.8. The fourth-order valence-corrected chi connectivity index (χ4v) is 6.93. The van der Waals surface area contributed by atoms with E-state index in [-0.39, 0.29) is 29.2 Å². The summed E-state index contributed by atoms with van der Waals surface area (Å²) in [5, 5.41) is 3.05. The molecule has 0 aromatic heterocycles. The summed E-state index contributed by atoms with van der Waals surface area (Å²) >= 11 is 0. The number of nitrogens with zero attached hydrogens (tertiary/aromatic N) is 2. The molecular weight excluding hydrogens is 472 g/mol. The molecule has 2 saturated heterocycles. The molecule has 3 aromatic carbocycles. The molecule has 0 saturated carbocycles. The predicted molar refractivity (Wildman–Crippen MR) is 138 cm³/mol. The number of benzene rings is 3. The molecule has 3 heterocycles. The van der Waals surface area contributed by atoms with Crippen LogP contribution >= 0.6 is 0 Å². The van der Waals surface area contributed by atoms with Gasteiger partial charge < -0.3 is 10.2 Å². The molecular formula is C30H27F2N3O2. The summed E-state index contributed by atoms with van der Waals surface area (Å²) in [6.45, 7) is 1.19. The van der Waals surface area contributed by atoms with Crippen molar-refractivity contribution < 1.29 is 18.4 Å². The van der Waals surface area contributed by atoms with Crippen molar-refractivity contribution in [1.82, 2.24) is 9.80 Å². The molecule has 1 N–H and O–H groups in total. The standard InChI is InChI=1S/C30H27F2N3O2/c1-34-16-21(15-19-7-11-22(31)12-8-19)27(36)29(18-34)25(20-9-13-23(32)14-10-20)17-35(2)30(29)24-5-3-4-6-26(24)33-28(30)37/h3-15,25H,16-18H2,1-2H3,(H,33,37)/b21-15+/t25-,29+,30+/m1/s1. The number of piperidine rings is 1. The van der Waals surface area contributed by atoms with Crippen LogP contribution in [0.25, 0.3) is 6.08 Å². The number of fused-ring (bicyclic) bond motifs is 3. The third-order valence-corrected chi connectivity index (χ3v) is 8.30. The lowest BCUT2D eigenvalue weighted by molar-refractivity contribution is -0.146. The Morgan fingerprint density at radius 1 is 0.919 bits per heavy atom. The van der Waals surface area contributed by atoms with E-state index in [9.17, 15) is 18.4 Å². The van der Waals surface area contributed by atoms with Gasteiger partial charge in [0, 0.05) is 42.4 Å². The van der Waals surface area contributed by atoms with Gasteiger partial charge in [0.1, 0.15) is 17.2 Å². The molecule has 3 aliphatic rings. The zero-order valence-electron chi connectivity index (χ0n) is 20.7. The maximum Gasteiger partial charge on any atom is 0.250 e. The Labute approximate surface area is 214 Å². The Bertz CT molecular complexity index is 1440. The number of para-hydroxylation sites is 1. The van der Waals surface area contributed by atoms with Crippen molar-refractivity contribution >= 4 is 23.5 Å². The van der Waals surface area contributed by atoms with E-state index in [1.54, 1.807) is 30.3 Å². The number of carbonyl (C=O) groups is 2. The van der Waals surface area contributed by atoms with E-state index in [4.69, 9.17) is 0 Å². The van der Waals surface area contributed by atoms with E-state index in [2.05, 4.69) is 10.2 Å². The van der Waals surface area contributed by atoms with Crippen LogP contribution in [-0.4, -0.2) is 55.2 Å². The monoisotopic (exact) mass is 499 g/mol. The average Bonchev–Trinajstić information content (AvgIpc) is 3.32. The summed E-state index contributed by atoms with van der Waals surface area (Å²) in [6.07, 6.45) is 1.80. The van der Waals surface area contributed by atoms with E-state index in [1.165, 1.54) is 24.3 Å². The van der Waals surface area contributed by atoms with Crippen molar-refractivity contribution in [2.24, 2.45) is 5.41 Å². The van der Waals surface area contributed by atoms with Crippen LogP contribution in [0.1, 0.15) is 22.6 Å². The summed E-state index contributed by atoms with van der Waals surface area (Å²) in [5.74, 6) is -1.42. The number of anilines is 1. The van der Waals surface area contributed by atoms with Crippen LogP contribution in [0.4, 0.5) is 14.5 Å². The highest BCUT2D eigenvalue weighted by Gasteiger charge is 2.74. The van der Waals surface area contributed by atoms with E-state index in [1.807, 2.05) is 43.3 Å². The number of Topliss-reactive ketones (excluding diaryl/α,β-unsaturated/α-hetero) is 1. The van der Waals surface area contributed by atoms with Crippen LogP contribution in [-0.2, 0) is 15.1 Å². The van der Waals surface area contributed by atoms with Crippen molar-refractivity contribution in [2.45, 2.75) is 11.5 Å². The van der Waals surface area contributed by atoms with Gasteiger partial charge in [0.25, 0.3) is 5.91 Å². The second-order valence-electron chi connectivity index (χ2n) is 10.4. The van der Waals surface area contributed by atoms with Crippen LogP contribution in [0.3, 0.4) is 0 Å². The lowest BCUT2D eigenvalue weighted by Crippen LogP contribution is -2.65. The number of nitrogens with one attached hydrogen (secondary N) is 1. The van der Waals surface area contributed by atoms with Crippen molar-refractivity contribution in [3.05, 3.63) is 107 Å². The predicted octanol–water partition coefficient (Wildman–Crippen LogP) is 4.43. The molecule has 6 rings (SSSR count). The number of hydrogen-bond donors (Lipinski definition) is 1. The lowest BCUT2D eigenvalue weighted by Gasteiger charge is -2.50. The second kappa shape index (κ2) is 8.43. The molecule has 2 spiro atoms. The highest BCUT2D eigenvalue weighted by molar-refractivity contribution is 6.15. The lowest BCUT2D eigenvalue weighted by atomic mass is 9.56. The molecule has 0 bridgehead atoms. The van der Waals surface area contributed by atoms with Crippen molar-refractivity contribution in [3.8, 4) is 0 Å². The first-order valence-corrected chi connectivity index (χ1v) is 12.3. The first kappa shape index (κ1) is 23.7. The first-order chi connectivity index (χ1) is 17.8. The summed E-state index contributed by atoms with van der Waals surface area (Å²) in [5.41, 5.74) is 1.11. The number of amides is 1. The first-order valence-electron chi connectivity index (χ1n) is 12.3. The Kier molecular flexibility index (Phi) is 5.40. The largest absolute Gasteiger partial charge is 0.324 e. The van der Waals surface area contributed by atoms with E-state index in [0.717, 1.165) is 11.1 Å². The minimum absolute atomic E-state index is 0.111. The number of carbonyl (C=O) groups excluding carboxylic acids is 2. The number of rotatable bonds is 2. The van der Waals surface area contributed by atoms with Crippen LogP contribution in [0.2, 0.25) is 0 Å². The molecule has 0 aliphatic carbocycles. The highest BCUT2D eigenvalue weighted by atomic mass is 19.1. The minimum atomic E-state index is -1.25. The molecule has 2 fully saturated rings. The molecule has 5 nitrogen and oxygen atoms in total. The van der Waals surface area contributed by atoms with Crippen molar-refractivity contribution in [1.29, 1.82) is 0 Å². The zero-order valence-corrected chi connectivity index (χ0v) is 20.7. The minimum Gasteiger partial charge on any atom is -0.324 e. The zero-order chi connectivity index (χ0) is 25.9. The molecule has 0 unspecified atom stereocenters. The van der Waals surface area contributed by atoms with Gasteiger partial charge in [-0.25, -0.2) is 8.78 Å². The quantitative estimate of drug-likeness (QED) is 0.531. The number of hydrogen-bond acceptors (Lipinski definition) is 4. The topological polar surface area (TPSA) is 52.7 Å². The van der Waals surface area contributed by atoms with E-state index in [0.29, 0.717) is 36.5 Å². The van der Waals surface area contributed by atoms with Crippen molar-refractivity contribution in [3.63, 3.8) is 0 Å². The summed E-state index contributed by atoms with van der Waals surface area (Å²) in [7, 11) is 3.83. The normalized spacial score (nSPS) is 28.9. The smallest absolute Gasteiger partial charge is 0.250 e. The van der Waals surface area contributed by atoms with Crippen LogP contribution < -0.4 is 5.32 Å². The molecule has 3 aromatic rings. The molecule has 3 atom stereocenters. The summed E-state index contributed by atoms with van der Waals surface area (Å²) in [4.78, 5) is 33.0. The van der Waals surface area contributed by atoms with Gasteiger partial charge in [-0.15, -0.1) is 0 Å². The van der Waals surface area contributed by atoms with Gasteiger partial charge in [-0.05, 0) is 61.6 Å². The molecule has 3 aliphatic heterocycles.